The van der Waals surface area contributed by atoms with E-state index in [4.69, 9.17) is 11.6 Å². The highest BCUT2D eigenvalue weighted by Crippen LogP contribution is 2.28. The van der Waals surface area contributed by atoms with Crippen molar-refractivity contribution in [1.29, 1.82) is 0 Å². The van der Waals surface area contributed by atoms with Gasteiger partial charge in [-0.25, -0.2) is 8.78 Å². The molecule has 1 amide bonds. The molecule has 4 nitrogen and oxygen atoms in total. The van der Waals surface area contributed by atoms with Crippen LogP contribution >= 0.6 is 36.4 Å². The molecule has 2 unspecified atom stereocenters. The molecule has 142 valence electrons. The van der Waals surface area contributed by atoms with Gasteiger partial charge in [0.1, 0.15) is 0 Å². The number of hydrogen-bond donors (Lipinski definition) is 2. The number of nitrogens with zero attached hydrogens (tertiary/aromatic N) is 1. The molecule has 25 heavy (non-hydrogen) atoms. The molecule has 2 atom stereocenters. The summed E-state index contributed by atoms with van der Waals surface area (Å²) in [5.41, 5.74) is 0.943. The van der Waals surface area contributed by atoms with Crippen molar-refractivity contribution in [1.82, 2.24) is 10.6 Å². The average Bonchev–Trinajstić information content (AvgIpc) is 2.88. The Bertz CT molecular complexity index is 591. The summed E-state index contributed by atoms with van der Waals surface area (Å²) in [6.45, 7) is 1.08. The Hall–Kier alpha value is -0.820. The molecule has 0 aromatic heterocycles. The maximum absolute atomic E-state index is 13.2. The van der Waals surface area contributed by atoms with E-state index in [-0.39, 0.29) is 36.8 Å². The lowest BCUT2D eigenvalue weighted by atomic mass is 10.0. The third kappa shape index (κ3) is 5.58. The highest BCUT2D eigenvalue weighted by molar-refractivity contribution is 6.33. The van der Waals surface area contributed by atoms with Crippen molar-refractivity contribution in [2.45, 2.75) is 37.3 Å². The van der Waals surface area contributed by atoms with Gasteiger partial charge in [-0.2, -0.15) is 0 Å². The fraction of sp³-hybridized carbons (Fsp3) is 0.562. The Morgan fingerprint density at radius 1 is 1.32 bits per heavy atom. The van der Waals surface area contributed by atoms with Crippen molar-refractivity contribution >= 4 is 48.0 Å². The van der Waals surface area contributed by atoms with Crippen LogP contribution in [0.5, 0.6) is 0 Å². The third-order valence-electron chi connectivity index (χ3n) is 4.39. The molecule has 3 rings (SSSR count). The molecule has 0 spiro atoms. The van der Waals surface area contributed by atoms with Crippen LogP contribution < -0.4 is 15.5 Å². The van der Waals surface area contributed by atoms with Gasteiger partial charge in [-0.05, 0) is 25.0 Å². The van der Waals surface area contributed by atoms with Gasteiger partial charge in [-0.1, -0.05) is 23.7 Å². The molecule has 1 aromatic rings. The van der Waals surface area contributed by atoms with Crippen molar-refractivity contribution in [3.63, 3.8) is 0 Å². The summed E-state index contributed by atoms with van der Waals surface area (Å²) in [5.74, 6) is -3.13. The van der Waals surface area contributed by atoms with E-state index in [0.29, 0.717) is 11.6 Å². The minimum Gasteiger partial charge on any atom is -0.368 e. The van der Waals surface area contributed by atoms with Crippen LogP contribution in [0.15, 0.2) is 24.3 Å². The number of halogens is 5. The zero-order valence-corrected chi connectivity index (χ0v) is 15.9. The lowest BCUT2D eigenvalue weighted by Crippen LogP contribution is -2.51. The predicted molar refractivity (Wildman–Crippen MR) is 101 cm³/mol. The molecular weight excluding hydrogens is 395 g/mol. The summed E-state index contributed by atoms with van der Waals surface area (Å²) in [7, 11) is 0. The van der Waals surface area contributed by atoms with Gasteiger partial charge in [-0.15, -0.1) is 24.8 Å². The summed E-state index contributed by atoms with van der Waals surface area (Å²) in [6, 6.07) is 6.73. The minimum atomic E-state index is -2.79. The molecule has 1 aromatic carbocycles. The molecule has 2 N–H and O–H groups in total. The van der Waals surface area contributed by atoms with Gasteiger partial charge >= 0.3 is 0 Å². The van der Waals surface area contributed by atoms with Crippen LogP contribution in [-0.4, -0.2) is 43.5 Å². The maximum atomic E-state index is 13.2. The van der Waals surface area contributed by atoms with Crippen molar-refractivity contribution in [2.75, 3.05) is 24.5 Å². The van der Waals surface area contributed by atoms with Crippen molar-refractivity contribution < 1.29 is 13.6 Å². The van der Waals surface area contributed by atoms with Crippen molar-refractivity contribution in [3.8, 4) is 0 Å². The summed E-state index contributed by atoms with van der Waals surface area (Å²) in [6.07, 6.45) is 1.33. The summed E-state index contributed by atoms with van der Waals surface area (Å²) >= 11 is 6.22. The maximum Gasteiger partial charge on any atom is 0.262 e. The smallest absolute Gasteiger partial charge is 0.262 e. The first-order valence-corrected chi connectivity index (χ1v) is 8.23. The van der Waals surface area contributed by atoms with Crippen LogP contribution in [0.2, 0.25) is 5.02 Å². The molecule has 2 aliphatic heterocycles. The minimum absolute atomic E-state index is 0. The third-order valence-corrected chi connectivity index (χ3v) is 4.71. The van der Waals surface area contributed by atoms with Crippen LogP contribution in [0.1, 0.15) is 19.3 Å². The number of amides is 1. The van der Waals surface area contributed by atoms with E-state index < -0.39 is 24.9 Å². The predicted octanol–water partition coefficient (Wildman–Crippen LogP) is 3.27. The largest absolute Gasteiger partial charge is 0.368 e. The second-order valence-electron chi connectivity index (χ2n) is 6.24. The van der Waals surface area contributed by atoms with E-state index in [9.17, 15) is 13.6 Å². The fourth-order valence-corrected chi connectivity index (χ4v) is 3.48. The summed E-state index contributed by atoms with van der Waals surface area (Å²) < 4.78 is 26.4. The van der Waals surface area contributed by atoms with E-state index >= 15 is 0 Å². The molecule has 0 saturated carbocycles. The zero-order chi connectivity index (χ0) is 16.4. The molecular formula is C16H22Cl3F2N3O. The second kappa shape index (κ2) is 9.21. The standard InChI is InChI=1S/C16H20ClF2N3O.2ClH/c17-12-5-1-2-6-14(12)22-7-3-4-11(9-22)21-15(23)13-8-16(18,19)10-20-13;;/h1-2,5-6,11,13,20H,3-4,7-10H2,(H,21,23);2*1H. The van der Waals surface area contributed by atoms with Crippen LogP contribution in [0.3, 0.4) is 0 Å². The van der Waals surface area contributed by atoms with Gasteiger partial charge in [-0.3, -0.25) is 10.1 Å². The molecule has 0 aliphatic carbocycles. The Morgan fingerprint density at radius 3 is 2.68 bits per heavy atom. The first kappa shape index (κ1) is 22.2. The first-order chi connectivity index (χ1) is 10.9. The van der Waals surface area contributed by atoms with Crippen LogP contribution in [-0.2, 0) is 4.79 Å². The first-order valence-electron chi connectivity index (χ1n) is 7.86. The average molecular weight is 417 g/mol. The van der Waals surface area contributed by atoms with Gasteiger partial charge in [0.15, 0.2) is 0 Å². The van der Waals surface area contributed by atoms with E-state index in [2.05, 4.69) is 15.5 Å². The zero-order valence-electron chi connectivity index (χ0n) is 13.5. The summed E-state index contributed by atoms with van der Waals surface area (Å²) in [4.78, 5) is 14.3. The molecule has 0 radical (unpaired) electrons. The van der Waals surface area contributed by atoms with E-state index in [1.165, 1.54) is 0 Å². The SMILES string of the molecule is Cl.Cl.O=C(NC1CCCN(c2ccccc2Cl)C1)C1CC(F)(F)CN1. The molecule has 2 saturated heterocycles. The molecule has 2 fully saturated rings. The molecule has 2 heterocycles. The van der Waals surface area contributed by atoms with Crippen LogP contribution in [0, 0.1) is 0 Å². The number of anilines is 1. The van der Waals surface area contributed by atoms with Crippen molar-refractivity contribution in [2.24, 2.45) is 0 Å². The highest BCUT2D eigenvalue weighted by atomic mass is 35.5. The Balaban J connectivity index is 0.00000156. The number of piperidine rings is 1. The number of hydrogen-bond acceptors (Lipinski definition) is 3. The number of carbonyl (C=O) groups is 1. The lowest BCUT2D eigenvalue weighted by Gasteiger charge is -2.35. The lowest BCUT2D eigenvalue weighted by molar-refractivity contribution is -0.124. The van der Waals surface area contributed by atoms with Gasteiger partial charge in [0, 0.05) is 25.6 Å². The van der Waals surface area contributed by atoms with Gasteiger partial charge in [0.25, 0.3) is 5.92 Å². The normalized spacial score (nSPS) is 24.8. The second-order valence-corrected chi connectivity index (χ2v) is 6.65. The number of nitrogens with one attached hydrogen (secondary N) is 2. The summed E-state index contributed by atoms with van der Waals surface area (Å²) in [5, 5.41) is 6.17. The van der Waals surface area contributed by atoms with Crippen molar-refractivity contribution in [3.05, 3.63) is 29.3 Å². The Labute approximate surface area is 163 Å². The number of alkyl halides is 2. The molecule has 2 aliphatic rings. The quantitative estimate of drug-likeness (QED) is 0.795. The molecule has 9 heteroatoms. The topological polar surface area (TPSA) is 44.4 Å². The Morgan fingerprint density at radius 2 is 2.04 bits per heavy atom. The number of rotatable bonds is 3. The number of carbonyl (C=O) groups excluding carboxylic acids is 1. The van der Waals surface area contributed by atoms with Gasteiger partial charge in [0.2, 0.25) is 5.91 Å². The van der Waals surface area contributed by atoms with E-state index in [1.807, 2.05) is 24.3 Å². The van der Waals surface area contributed by atoms with E-state index in [0.717, 1.165) is 25.1 Å². The van der Waals surface area contributed by atoms with Gasteiger partial charge < -0.3 is 10.2 Å². The Kier molecular flexibility index (Phi) is 8.19. The highest BCUT2D eigenvalue weighted by Gasteiger charge is 2.42. The van der Waals surface area contributed by atoms with Crippen LogP contribution in [0.4, 0.5) is 14.5 Å². The number of para-hydroxylation sites is 1. The van der Waals surface area contributed by atoms with Crippen LogP contribution in [0.25, 0.3) is 0 Å². The van der Waals surface area contributed by atoms with Gasteiger partial charge in [0.05, 0.1) is 23.3 Å². The van der Waals surface area contributed by atoms with E-state index in [1.54, 1.807) is 0 Å². The fourth-order valence-electron chi connectivity index (χ4n) is 3.22. The number of benzene rings is 1. The molecule has 0 bridgehead atoms. The monoisotopic (exact) mass is 415 g/mol.